The first-order valence-electron chi connectivity index (χ1n) is 7.41. The van der Waals surface area contributed by atoms with Gasteiger partial charge in [-0.15, -0.1) is 0 Å². The molecule has 0 saturated carbocycles. The Kier molecular flexibility index (Phi) is 6.87. The van der Waals surface area contributed by atoms with Crippen molar-refractivity contribution >= 4 is 33.5 Å². The Morgan fingerprint density at radius 1 is 1.04 bits per heavy atom. The van der Waals surface area contributed by atoms with Gasteiger partial charge in [0.25, 0.3) is 11.8 Å². The number of carbonyl (C=O) groups excluding carboxylic acids is 2. The van der Waals surface area contributed by atoms with E-state index in [9.17, 15) is 9.59 Å². The largest absolute Gasteiger partial charge is 0.346 e. The average molecular weight is 399 g/mol. The van der Waals surface area contributed by atoms with Gasteiger partial charge in [0.15, 0.2) is 0 Å². The smallest absolute Gasteiger partial charge is 0.254 e. The number of amides is 2. The van der Waals surface area contributed by atoms with Crippen LogP contribution in [0.1, 0.15) is 22.3 Å². The van der Waals surface area contributed by atoms with E-state index in [2.05, 4.69) is 31.8 Å². The van der Waals surface area contributed by atoms with Gasteiger partial charge in [0.1, 0.15) is 6.42 Å². The van der Waals surface area contributed by atoms with Crippen LogP contribution in [0, 0.1) is 11.3 Å². The summed E-state index contributed by atoms with van der Waals surface area (Å²) in [7, 11) is 0. The maximum atomic E-state index is 12.2. The zero-order chi connectivity index (χ0) is 18.1. The second-order valence-corrected chi connectivity index (χ2v) is 5.90. The molecule has 0 aromatic heterocycles. The molecule has 0 heterocycles. The molecule has 2 rings (SSSR count). The minimum atomic E-state index is -0.504. The maximum absolute atomic E-state index is 12.2. The zero-order valence-corrected chi connectivity index (χ0v) is 14.8. The van der Waals surface area contributed by atoms with Crippen molar-refractivity contribution in [2.24, 2.45) is 5.10 Å². The Hall–Kier alpha value is -2.98. The summed E-state index contributed by atoms with van der Waals surface area (Å²) in [5, 5.41) is 15.3. The summed E-state index contributed by atoms with van der Waals surface area (Å²) in [6.45, 7) is 0.131. The highest BCUT2D eigenvalue weighted by molar-refractivity contribution is 9.10. The predicted molar refractivity (Wildman–Crippen MR) is 97.8 cm³/mol. The van der Waals surface area contributed by atoms with Crippen LogP contribution < -0.4 is 10.7 Å². The number of hydrogen-bond donors (Lipinski definition) is 2. The van der Waals surface area contributed by atoms with E-state index in [1.807, 2.05) is 30.3 Å². The lowest BCUT2D eigenvalue weighted by molar-refractivity contribution is -0.120. The molecule has 0 aliphatic heterocycles. The Bertz CT molecular complexity index is 811. The second kappa shape index (κ2) is 9.35. The first kappa shape index (κ1) is 18.4. The summed E-state index contributed by atoms with van der Waals surface area (Å²) >= 11 is 3.32. The molecular weight excluding hydrogens is 384 g/mol. The topological polar surface area (TPSA) is 94.3 Å². The van der Waals surface area contributed by atoms with Crippen LogP contribution in [0.25, 0.3) is 0 Å². The van der Waals surface area contributed by atoms with Crippen molar-refractivity contribution in [3.05, 3.63) is 70.2 Å². The summed E-state index contributed by atoms with van der Waals surface area (Å²) in [5.74, 6) is -0.755. The first-order chi connectivity index (χ1) is 12.1. The zero-order valence-electron chi connectivity index (χ0n) is 13.2. The fourth-order valence-electron chi connectivity index (χ4n) is 1.95. The van der Waals surface area contributed by atoms with Crippen molar-refractivity contribution < 1.29 is 9.59 Å². The molecule has 2 N–H and O–H groups in total. The Labute approximate surface area is 153 Å². The van der Waals surface area contributed by atoms with Gasteiger partial charge in [0.2, 0.25) is 0 Å². The highest BCUT2D eigenvalue weighted by atomic mass is 79.9. The van der Waals surface area contributed by atoms with Crippen LogP contribution in [-0.4, -0.2) is 24.1 Å². The molecule has 2 aromatic carbocycles. The van der Waals surface area contributed by atoms with Crippen LogP contribution in [0.4, 0.5) is 0 Å². The van der Waals surface area contributed by atoms with E-state index < -0.39 is 5.91 Å². The van der Waals surface area contributed by atoms with E-state index in [-0.39, 0.29) is 18.9 Å². The quantitative estimate of drug-likeness (QED) is 0.578. The number of nitriles is 1. The van der Waals surface area contributed by atoms with Crippen molar-refractivity contribution in [2.45, 2.75) is 6.42 Å². The van der Waals surface area contributed by atoms with E-state index in [0.717, 1.165) is 10.0 Å². The number of benzene rings is 2. The molecule has 0 radical (unpaired) electrons. The van der Waals surface area contributed by atoms with Crippen molar-refractivity contribution in [2.75, 3.05) is 6.54 Å². The summed E-state index contributed by atoms with van der Waals surface area (Å²) in [5.41, 5.74) is 4.08. The van der Waals surface area contributed by atoms with Gasteiger partial charge >= 0.3 is 0 Å². The van der Waals surface area contributed by atoms with Crippen molar-refractivity contribution in [3.8, 4) is 6.07 Å². The fraction of sp³-hybridized carbons (Fsp3) is 0.111. The van der Waals surface area contributed by atoms with Crippen LogP contribution in [0.2, 0.25) is 0 Å². The monoisotopic (exact) mass is 398 g/mol. The Balaban J connectivity index is 2.09. The predicted octanol–water partition coefficient (Wildman–Crippen LogP) is 2.61. The number of nitrogens with one attached hydrogen (secondary N) is 2. The van der Waals surface area contributed by atoms with Crippen molar-refractivity contribution in [1.29, 1.82) is 5.26 Å². The number of hydrazone groups is 1. The minimum absolute atomic E-state index is 0.131. The number of hydrogen-bond acceptors (Lipinski definition) is 4. The van der Waals surface area contributed by atoms with E-state index >= 15 is 0 Å². The van der Waals surface area contributed by atoms with Gasteiger partial charge in [-0.3, -0.25) is 9.59 Å². The average Bonchev–Trinajstić information content (AvgIpc) is 2.63. The lowest BCUT2D eigenvalue weighted by atomic mass is 10.1. The third-order valence-corrected chi connectivity index (χ3v) is 3.71. The molecule has 0 atom stereocenters. The Morgan fingerprint density at radius 3 is 2.36 bits per heavy atom. The summed E-state index contributed by atoms with van der Waals surface area (Å²) < 4.78 is 0.885. The molecule has 0 saturated heterocycles. The third kappa shape index (κ3) is 5.86. The summed E-state index contributed by atoms with van der Waals surface area (Å²) in [6.07, 6.45) is -0.281. The number of halogens is 1. The van der Waals surface area contributed by atoms with Gasteiger partial charge in [0.05, 0.1) is 18.3 Å². The SMILES string of the molecule is N#CCC(=O)N/N=C(\CNC(=O)c1ccc(Br)cc1)c1ccccc1. The van der Waals surface area contributed by atoms with Crippen molar-refractivity contribution in [3.63, 3.8) is 0 Å². The highest BCUT2D eigenvalue weighted by Gasteiger charge is 2.09. The van der Waals surface area contributed by atoms with Crippen LogP contribution in [0.3, 0.4) is 0 Å². The molecule has 0 bridgehead atoms. The normalized spacial score (nSPS) is 10.6. The van der Waals surface area contributed by atoms with Gasteiger partial charge in [-0.25, -0.2) is 5.43 Å². The van der Waals surface area contributed by atoms with Crippen LogP contribution >= 0.6 is 15.9 Å². The van der Waals surface area contributed by atoms with Crippen LogP contribution in [0.15, 0.2) is 64.2 Å². The molecule has 2 aromatic rings. The van der Waals surface area contributed by atoms with E-state index in [1.54, 1.807) is 30.3 Å². The number of carbonyl (C=O) groups is 2. The number of nitrogens with zero attached hydrogens (tertiary/aromatic N) is 2. The molecule has 2 amide bonds. The second-order valence-electron chi connectivity index (χ2n) is 4.98. The van der Waals surface area contributed by atoms with Gasteiger partial charge in [-0.2, -0.15) is 10.4 Å². The van der Waals surface area contributed by atoms with Gasteiger partial charge < -0.3 is 5.32 Å². The highest BCUT2D eigenvalue weighted by Crippen LogP contribution is 2.10. The minimum Gasteiger partial charge on any atom is -0.346 e. The first-order valence-corrected chi connectivity index (χ1v) is 8.21. The van der Waals surface area contributed by atoms with Crippen molar-refractivity contribution in [1.82, 2.24) is 10.7 Å². The van der Waals surface area contributed by atoms with Gasteiger partial charge in [-0.05, 0) is 29.8 Å². The van der Waals surface area contributed by atoms with Gasteiger partial charge in [0, 0.05) is 10.0 Å². The molecule has 7 heteroatoms. The Morgan fingerprint density at radius 2 is 1.72 bits per heavy atom. The lowest BCUT2D eigenvalue weighted by Gasteiger charge is -2.09. The maximum Gasteiger partial charge on any atom is 0.254 e. The van der Waals surface area contributed by atoms with E-state index in [1.165, 1.54) is 0 Å². The molecule has 6 nitrogen and oxygen atoms in total. The summed E-state index contributed by atoms with van der Waals surface area (Å²) in [4.78, 5) is 23.7. The lowest BCUT2D eigenvalue weighted by Crippen LogP contribution is -2.31. The van der Waals surface area contributed by atoms with E-state index in [0.29, 0.717) is 11.3 Å². The molecule has 0 unspecified atom stereocenters. The third-order valence-electron chi connectivity index (χ3n) is 3.18. The standard InChI is InChI=1S/C18H15BrN4O2/c19-15-8-6-14(7-9-15)18(25)21-12-16(13-4-2-1-3-5-13)22-23-17(24)10-11-20/h1-9H,10,12H2,(H,21,25)(H,23,24)/b22-16+. The summed E-state index contributed by atoms with van der Waals surface area (Å²) in [6, 6.07) is 17.9. The van der Waals surface area contributed by atoms with E-state index in [4.69, 9.17) is 5.26 Å². The number of rotatable bonds is 6. The molecule has 126 valence electrons. The molecule has 0 aliphatic carbocycles. The molecule has 0 spiro atoms. The molecular formula is C18H15BrN4O2. The molecule has 0 aliphatic rings. The van der Waals surface area contributed by atoms with Crippen LogP contribution in [0.5, 0.6) is 0 Å². The van der Waals surface area contributed by atoms with Gasteiger partial charge in [-0.1, -0.05) is 46.3 Å². The molecule has 25 heavy (non-hydrogen) atoms. The molecule has 0 fully saturated rings. The fourth-order valence-corrected chi connectivity index (χ4v) is 2.21. The van der Waals surface area contributed by atoms with Crippen LogP contribution in [-0.2, 0) is 4.79 Å².